The standard InChI is InChI=1S/C20H17F2N5O4S.C2H6.H2/c1-26-11-24-17-4-2-13(8-14(17)20(26)28)31-19-15(9-23)18(5-3-16(19)22)25-32(29,30)27-7-6-12(21)10-27;1-2;/h2-5,8,11-12,25H,6-7,10H2,1H3;1-2H3;1H/t12-;;/m1../s1. The Balaban J connectivity index is 0.00000140. The Morgan fingerprint density at radius 1 is 1.29 bits per heavy atom. The van der Waals surface area contributed by atoms with Crippen molar-refractivity contribution in [2.45, 2.75) is 26.4 Å². The van der Waals surface area contributed by atoms with E-state index in [1.807, 2.05) is 13.8 Å². The Morgan fingerprint density at radius 3 is 2.68 bits per heavy atom. The van der Waals surface area contributed by atoms with E-state index in [-0.39, 0.29) is 43.3 Å². The monoisotopic (exact) mass is 493 g/mol. The van der Waals surface area contributed by atoms with Gasteiger partial charge in [-0.2, -0.15) is 18.0 Å². The molecule has 182 valence electrons. The number of fused-ring (bicyclic) bond motifs is 1. The summed E-state index contributed by atoms with van der Waals surface area (Å²) in [6.45, 7) is 3.69. The molecule has 34 heavy (non-hydrogen) atoms. The molecule has 1 N–H and O–H groups in total. The van der Waals surface area contributed by atoms with Gasteiger partial charge in [-0.25, -0.2) is 13.8 Å². The van der Waals surface area contributed by atoms with E-state index in [9.17, 15) is 27.3 Å². The summed E-state index contributed by atoms with van der Waals surface area (Å²) in [4.78, 5) is 16.4. The quantitative estimate of drug-likeness (QED) is 0.579. The predicted octanol–water partition coefficient (Wildman–Crippen LogP) is 3.71. The summed E-state index contributed by atoms with van der Waals surface area (Å²) in [5.41, 5.74) is -0.562. The van der Waals surface area contributed by atoms with Crippen molar-refractivity contribution in [2.24, 2.45) is 7.05 Å². The van der Waals surface area contributed by atoms with E-state index in [0.717, 1.165) is 16.4 Å². The Labute approximate surface area is 196 Å². The van der Waals surface area contributed by atoms with Crippen LogP contribution in [0.4, 0.5) is 14.5 Å². The molecule has 12 heteroatoms. The molecular formula is C22H25F2N5O4S. The number of nitrogens with one attached hydrogen (secondary N) is 1. The van der Waals surface area contributed by atoms with E-state index >= 15 is 0 Å². The summed E-state index contributed by atoms with van der Waals surface area (Å²) in [5.74, 6) is -1.37. The van der Waals surface area contributed by atoms with Gasteiger partial charge in [0, 0.05) is 21.6 Å². The first kappa shape index (κ1) is 25.1. The lowest BCUT2D eigenvalue weighted by Crippen LogP contribution is -2.34. The number of alkyl halides is 1. The van der Waals surface area contributed by atoms with Gasteiger partial charge in [-0.3, -0.25) is 9.52 Å². The zero-order chi connectivity index (χ0) is 25.0. The SMILES string of the molecule is CC.Cn1cnc2ccc(Oc3c(F)ccc(NS(=O)(=O)N4CC[C@@H](F)C4)c3C#N)cc2c1=O.[HH]. The number of nitrogens with zero attached hydrogens (tertiary/aromatic N) is 4. The van der Waals surface area contributed by atoms with Gasteiger partial charge in [0.15, 0.2) is 11.6 Å². The van der Waals surface area contributed by atoms with Crippen LogP contribution in [0.1, 0.15) is 27.3 Å². The number of nitriles is 1. The fourth-order valence-corrected chi connectivity index (χ4v) is 4.61. The number of rotatable bonds is 5. The zero-order valence-electron chi connectivity index (χ0n) is 18.7. The number of aryl methyl sites for hydroxylation is 1. The molecule has 0 saturated carbocycles. The van der Waals surface area contributed by atoms with Crippen LogP contribution in [0.5, 0.6) is 11.5 Å². The van der Waals surface area contributed by atoms with Crippen LogP contribution in [0, 0.1) is 17.1 Å². The Kier molecular flexibility index (Phi) is 7.48. The van der Waals surface area contributed by atoms with Crippen molar-refractivity contribution in [1.82, 2.24) is 13.9 Å². The molecular weight excluding hydrogens is 468 g/mol. The number of halogens is 2. The van der Waals surface area contributed by atoms with Crippen LogP contribution in [-0.4, -0.2) is 41.5 Å². The average Bonchev–Trinajstić information content (AvgIpc) is 3.27. The maximum absolute atomic E-state index is 14.6. The highest BCUT2D eigenvalue weighted by atomic mass is 32.2. The normalized spacial score (nSPS) is 15.9. The van der Waals surface area contributed by atoms with Crippen molar-refractivity contribution in [3.8, 4) is 17.6 Å². The lowest BCUT2D eigenvalue weighted by Gasteiger charge is -2.18. The molecule has 1 atom stereocenters. The molecule has 9 nitrogen and oxygen atoms in total. The largest absolute Gasteiger partial charge is 0.453 e. The summed E-state index contributed by atoms with van der Waals surface area (Å²) < 4.78 is 63.0. The minimum atomic E-state index is -4.16. The molecule has 0 bridgehead atoms. The molecule has 0 aliphatic carbocycles. The molecule has 0 unspecified atom stereocenters. The molecule has 2 aromatic carbocycles. The van der Waals surface area contributed by atoms with Crippen LogP contribution < -0.4 is 15.0 Å². The van der Waals surface area contributed by atoms with Crippen molar-refractivity contribution < 1.29 is 23.4 Å². The lowest BCUT2D eigenvalue weighted by atomic mass is 10.1. The molecule has 3 aromatic rings. The number of hydrogen-bond acceptors (Lipinski definition) is 6. The van der Waals surface area contributed by atoms with Crippen LogP contribution in [0.2, 0.25) is 0 Å². The van der Waals surface area contributed by atoms with Gasteiger partial charge in [-0.05, 0) is 36.8 Å². The average molecular weight is 494 g/mol. The summed E-state index contributed by atoms with van der Waals surface area (Å²) >= 11 is 0. The van der Waals surface area contributed by atoms with E-state index < -0.39 is 33.5 Å². The third-order valence-corrected chi connectivity index (χ3v) is 6.49. The van der Waals surface area contributed by atoms with E-state index in [0.29, 0.717) is 5.52 Å². The van der Waals surface area contributed by atoms with Crippen LogP contribution in [0.3, 0.4) is 0 Å². The molecule has 1 aromatic heterocycles. The van der Waals surface area contributed by atoms with E-state index in [1.54, 1.807) is 6.07 Å². The van der Waals surface area contributed by atoms with Crippen LogP contribution in [0.15, 0.2) is 41.5 Å². The van der Waals surface area contributed by atoms with Crippen LogP contribution in [-0.2, 0) is 17.3 Å². The summed E-state index contributed by atoms with van der Waals surface area (Å²) in [5, 5.41) is 9.81. The second-order valence-corrected chi connectivity index (χ2v) is 8.87. The minimum Gasteiger partial charge on any atom is -0.453 e. The third kappa shape index (κ3) is 5.00. The first-order valence-electron chi connectivity index (χ1n) is 10.5. The maximum Gasteiger partial charge on any atom is 0.301 e. The minimum absolute atomic E-state index is 0. The van der Waals surface area contributed by atoms with E-state index in [4.69, 9.17) is 4.74 Å². The smallest absolute Gasteiger partial charge is 0.301 e. The molecule has 1 fully saturated rings. The molecule has 0 spiro atoms. The van der Waals surface area contributed by atoms with Gasteiger partial charge in [0.1, 0.15) is 23.6 Å². The Hall–Kier alpha value is -3.56. The van der Waals surface area contributed by atoms with Gasteiger partial charge in [-0.15, -0.1) is 0 Å². The Morgan fingerprint density at radius 2 is 2.03 bits per heavy atom. The second-order valence-electron chi connectivity index (χ2n) is 7.20. The predicted molar refractivity (Wildman–Crippen MR) is 125 cm³/mol. The van der Waals surface area contributed by atoms with Crippen LogP contribution in [0.25, 0.3) is 10.9 Å². The fraction of sp³-hybridized carbons (Fsp3) is 0.318. The van der Waals surface area contributed by atoms with Gasteiger partial charge in [0.25, 0.3) is 5.56 Å². The van der Waals surface area contributed by atoms with Gasteiger partial charge < -0.3 is 9.30 Å². The maximum atomic E-state index is 14.6. The lowest BCUT2D eigenvalue weighted by molar-refractivity contribution is 0.343. The van der Waals surface area contributed by atoms with E-state index in [1.165, 1.54) is 36.1 Å². The topological polar surface area (TPSA) is 117 Å². The molecule has 1 aliphatic rings. The van der Waals surface area contributed by atoms with Crippen molar-refractivity contribution in [3.63, 3.8) is 0 Å². The fourth-order valence-electron chi connectivity index (χ4n) is 3.33. The second kappa shape index (κ2) is 10.1. The number of hydrogen-bond donors (Lipinski definition) is 1. The van der Waals surface area contributed by atoms with Gasteiger partial charge in [-0.1, -0.05) is 13.8 Å². The summed E-state index contributed by atoms with van der Waals surface area (Å²) in [6.07, 6.45) is 0.156. The highest BCUT2D eigenvalue weighted by Gasteiger charge is 2.32. The first-order valence-corrected chi connectivity index (χ1v) is 11.9. The molecule has 0 amide bonds. The summed E-state index contributed by atoms with van der Waals surface area (Å²) in [7, 11) is -2.63. The summed E-state index contributed by atoms with van der Waals surface area (Å²) in [6, 6.07) is 8.07. The molecule has 4 rings (SSSR count). The molecule has 1 aliphatic heterocycles. The van der Waals surface area contributed by atoms with E-state index in [2.05, 4.69) is 9.71 Å². The Bertz CT molecular complexity index is 1430. The highest BCUT2D eigenvalue weighted by molar-refractivity contribution is 7.90. The zero-order valence-corrected chi connectivity index (χ0v) is 19.6. The van der Waals surface area contributed by atoms with Crippen LogP contribution >= 0.6 is 0 Å². The van der Waals surface area contributed by atoms with Crippen molar-refractivity contribution in [3.05, 3.63) is 58.4 Å². The molecule has 1 saturated heterocycles. The first-order chi connectivity index (χ1) is 16.2. The number of aromatic nitrogens is 2. The number of ether oxygens (including phenoxy) is 1. The molecule has 0 radical (unpaired) electrons. The van der Waals surface area contributed by atoms with Crippen molar-refractivity contribution >= 4 is 26.8 Å². The van der Waals surface area contributed by atoms with Crippen molar-refractivity contribution in [1.29, 1.82) is 5.26 Å². The van der Waals surface area contributed by atoms with Crippen molar-refractivity contribution in [2.75, 3.05) is 17.8 Å². The third-order valence-electron chi connectivity index (χ3n) is 5.00. The van der Waals surface area contributed by atoms with Gasteiger partial charge >= 0.3 is 10.2 Å². The number of anilines is 1. The van der Waals surface area contributed by atoms with Gasteiger partial charge in [0.05, 0.1) is 22.9 Å². The van der Waals surface area contributed by atoms with Gasteiger partial charge in [0.2, 0.25) is 0 Å². The number of benzene rings is 2. The highest BCUT2D eigenvalue weighted by Crippen LogP contribution is 2.34. The molecule has 2 heterocycles.